The van der Waals surface area contributed by atoms with Crippen LogP contribution in [-0.4, -0.2) is 32.7 Å². The van der Waals surface area contributed by atoms with E-state index < -0.39 is 16.1 Å². The normalized spacial score (nSPS) is 17.8. The SMILES string of the molecule is CCc1ccc(N([C@@H](C)C(=O)NC2CCCCCCC2)S(C)(=O)=O)cc1. The molecule has 0 aliphatic heterocycles. The van der Waals surface area contributed by atoms with Crippen molar-refractivity contribution < 1.29 is 13.2 Å². The Bertz CT molecular complexity index is 678. The first-order valence-electron chi connectivity index (χ1n) is 9.71. The molecule has 1 aliphatic rings. The Labute approximate surface area is 158 Å². The minimum Gasteiger partial charge on any atom is -0.352 e. The highest BCUT2D eigenvalue weighted by atomic mass is 32.2. The molecule has 6 heteroatoms. The first-order valence-corrected chi connectivity index (χ1v) is 11.6. The number of aryl methyl sites for hydroxylation is 1. The maximum absolute atomic E-state index is 12.8. The lowest BCUT2D eigenvalue weighted by Crippen LogP contribution is -2.50. The largest absolute Gasteiger partial charge is 0.352 e. The van der Waals surface area contributed by atoms with Gasteiger partial charge in [-0.1, -0.05) is 51.2 Å². The molecule has 0 spiro atoms. The zero-order valence-electron chi connectivity index (χ0n) is 16.2. The molecule has 5 nitrogen and oxygen atoms in total. The molecule has 1 atom stereocenters. The summed E-state index contributed by atoms with van der Waals surface area (Å²) in [6.45, 7) is 3.71. The maximum atomic E-state index is 12.8. The van der Waals surface area contributed by atoms with Crippen molar-refractivity contribution in [3.8, 4) is 0 Å². The molecule has 1 aromatic carbocycles. The van der Waals surface area contributed by atoms with E-state index in [0.29, 0.717) is 5.69 Å². The van der Waals surface area contributed by atoms with E-state index in [4.69, 9.17) is 0 Å². The van der Waals surface area contributed by atoms with Crippen LogP contribution in [0.4, 0.5) is 5.69 Å². The number of amides is 1. The Hall–Kier alpha value is -1.56. The van der Waals surface area contributed by atoms with Gasteiger partial charge in [-0.15, -0.1) is 0 Å². The molecule has 1 aromatic rings. The van der Waals surface area contributed by atoms with Crippen molar-refractivity contribution in [2.24, 2.45) is 0 Å². The average molecular weight is 381 g/mol. The summed E-state index contributed by atoms with van der Waals surface area (Å²) in [5.74, 6) is -0.222. The lowest BCUT2D eigenvalue weighted by Gasteiger charge is -2.30. The molecule has 0 unspecified atom stereocenters. The Kier molecular flexibility index (Phi) is 7.50. The van der Waals surface area contributed by atoms with Gasteiger partial charge in [0.2, 0.25) is 15.9 Å². The summed E-state index contributed by atoms with van der Waals surface area (Å²) >= 11 is 0. The fourth-order valence-corrected chi connectivity index (χ4v) is 4.78. The second-order valence-electron chi connectivity index (χ2n) is 7.31. The maximum Gasteiger partial charge on any atom is 0.243 e. The molecule has 1 N–H and O–H groups in total. The van der Waals surface area contributed by atoms with E-state index in [-0.39, 0.29) is 11.9 Å². The van der Waals surface area contributed by atoms with Crippen molar-refractivity contribution in [2.75, 3.05) is 10.6 Å². The van der Waals surface area contributed by atoms with Crippen LogP contribution in [-0.2, 0) is 21.2 Å². The third-order valence-electron chi connectivity index (χ3n) is 5.14. The van der Waals surface area contributed by atoms with Crippen LogP contribution in [0.15, 0.2) is 24.3 Å². The molecule has 26 heavy (non-hydrogen) atoms. The van der Waals surface area contributed by atoms with Crippen molar-refractivity contribution in [2.45, 2.75) is 77.3 Å². The number of hydrogen-bond donors (Lipinski definition) is 1. The number of hydrogen-bond acceptors (Lipinski definition) is 3. The summed E-state index contributed by atoms with van der Waals surface area (Å²) in [7, 11) is -3.56. The molecule has 1 fully saturated rings. The van der Waals surface area contributed by atoms with E-state index in [2.05, 4.69) is 5.32 Å². The molecule has 2 rings (SSSR count). The van der Waals surface area contributed by atoms with Crippen molar-refractivity contribution in [3.05, 3.63) is 29.8 Å². The van der Waals surface area contributed by atoms with Crippen LogP contribution in [0.2, 0.25) is 0 Å². The summed E-state index contributed by atoms with van der Waals surface area (Å²) in [5.41, 5.74) is 1.67. The minimum atomic E-state index is -3.56. The second kappa shape index (κ2) is 9.40. The van der Waals surface area contributed by atoms with Gasteiger partial charge in [-0.05, 0) is 43.9 Å². The highest BCUT2D eigenvalue weighted by Crippen LogP contribution is 2.23. The first-order chi connectivity index (χ1) is 12.3. The predicted octanol–water partition coefficient (Wildman–Crippen LogP) is 3.63. The number of sulfonamides is 1. The quantitative estimate of drug-likeness (QED) is 0.819. The average Bonchev–Trinajstić information content (AvgIpc) is 2.56. The van der Waals surface area contributed by atoms with Crippen molar-refractivity contribution >= 4 is 21.6 Å². The number of benzene rings is 1. The molecule has 0 heterocycles. The zero-order chi connectivity index (χ0) is 19.2. The lowest BCUT2D eigenvalue weighted by molar-refractivity contribution is -0.122. The highest BCUT2D eigenvalue weighted by Gasteiger charge is 2.30. The summed E-state index contributed by atoms with van der Waals surface area (Å²) in [6.07, 6.45) is 9.92. The smallest absolute Gasteiger partial charge is 0.243 e. The molecular formula is C20H32N2O3S. The van der Waals surface area contributed by atoms with E-state index in [1.165, 1.54) is 23.6 Å². The van der Waals surface area contributed by atoms with E-state index in [9.17, 15) is 13.2 Å². The molecule has 1 amide bonds. The van der Waals surface area contributed by atoms with Gasteiger partial charge in [-0.25, -0.2) is 8.42 Å². The van der Waals surface area contributed by atoms with Crippen molar-refractivity contribution in [1.82, 2.24) is 5.32 Å². The predicted molar refractivity (Wildman–Crippen MR) is 107 cm³/mol. The van der Waals surface area contributed by atoms with Gasteiger partial charge >= 0.3 is 0 Å². The van der Waals surface area contributed by atoms with Crippen LogP contribution in [0, 0.1) is 0 Å². The third kappa shape index (κ3) is 5.73. The summed E-state index contributed by atoms with van der Waals surface area (Å²) in [4.78, 5) is 12.8. The molecule has 1 saturated carbocycles. The van der Waals surface area contributed by atoms with Crippen LogP contribution in [0.3, 0.4) is 0 Å². The molecule has 146 valence electrons. The number of nitrogens with zero attached hydrogens (tertiary/aromatic N) is 1. The molecular weight excluding hydrogens is 348 g/mol. The number of carbonyl (C=O) groups is 1. The van der Waals surface area contributed by atoms with E-state index in [1.54, 1.807) is 19.1 Å². The number of rotatable bonds is 6. The Morgan fingerprint density at radius 2 is 1.65 bits per heavy atom. The van der Waals surface area contributed by atoms with Crippen LogP contribution >= 0.6 is 0 Å². The number of nitrogens with one attached hydrogen (secondary N) is 1. The number of carbonyl (C=O) groups excluding carboxylic acids is 1. The highest BCUT2D eigenvalue weighted by molar-refractivity contribution is 7.92. The molecule has 0 aromatic heterocycles. The molecule has 0 bridgehead atoms. The fourth-order valence-electron chi connectivity index (χ4n) is 3.61. The van der Waals surface area contributed by atoms with E-state index in [1.807, 2.05) is 19.1 Å². The Balaban J connectivity index is 2.14. The van der Waals surface area contributed by atoms with E-state index in [0.717, 1.165) is 43.9 Å². The van der Waals surface area contributed by atoms with Gasteiger partial charge < -0.3 is 5.32 Å². The van der Waals surface area contributed by atoms with Gasteiger partial charge in [0, 0.05) is 6.04 Å². The number of anilines is 1. The summed E-state index contributed by atoms with van der Waals surface area (Å²) in [6, 6.07) is 6.75. The van der Waals surface area contributed by atoms with Gasteiger partial charge in [-0.3, -0.25) is 9.10 Å². The Morgan fingerprint density at radius 1 is 1.12 bits per heavy atom. The lowest BCUT2D eigenvalue weighted by atomic mass is 9.96. The fraction of sp³-hybridized carbons (Fsp3) is 0.650. The van der Waals surface area contributed by atoms with Gasteiger partial charge in [0.25, 0.3) is 0 Å². The van der Waals surface area contributed by atoms with Gasteiger partial charge in [0.1, 0.15) is 6.04 Å². The zero-order valence-corrected chi connectivity index (χ0v) is 17.0. The van der Waals surface area contributed by atoms with Crippen LogP contribution in [0.5, 0.6) is 0 Å². The topological polar surface area (TPSA) is 66.5 Å². The first kappa shape index (κ1) is 20.7. The van der Waals surface area contributed by atoms with Crippen LogP contribution < -0.4 is 9.62 Å². The van der Waals surface area contributed by atoms with Crippen molar-refractivity contribution in [3.63, 3.8) is 0 Å². The monoisotopic (exact) mass is 380 g/mol. The summed E-state index contributed by atoms with van der Waals surface area (Å²) < 4.78 is 26.0. The third-order valence-corrected chi connectivity index (χ3v) is 6.38. The minimum absolute atomic E-state index is 0.147. The molecule has 0 radical (unpaired) electrons. The summed E-state index contributed by atoms with van der Waals surface area (Å²) in [5, 5.41) is 3.09. The standard InChI is InChI=1S/C20H32N2O3S/c1-4-17-12-14-19(15-13-17)22(26(3,24)25)16(2)20(23)21-18-10-8-6-5-7-9-11-18/h12-16,18H,4-11H2,1-3H3,(H,21,23)/t16-/m0/s1. The van der Waals surface area contributed by atoms with Gasteiger partial charge in [0.15, 0.2) is 0 Å². The van der Waals surface area contributed by atoms with Gasteiger partial charge in [0.05, 0.1) is 11.9 Å². The second-order valence-corrected chi connectivity index (χ2v) is 9.16. The van der Waals surface area contributed by atoms with Gasteiger partial charge in [-0.2, -0.15) is 0 Å². The van der Waals surface area contributed by atoms with Crippen molar-refractivity contribution in [1.29, 1.82) is 0 Å². The Morgan fingerprint density at radius 3 is 2.15 bits per heavy atom. The molecule has 0 saturated heterocycles. The van der Waals surface area contributed by atoms with Crippen LogP contribution in [0.1, 0.15) is 64.4 Å². The van der Waals surface area contributed by atoms with E-state index >= 15 is 0 Å². The van der Waals surface area contributed by atoms with Crippen LogP contribution in [0.25, 0.3) is 0 Å². The molecule has 1 aliphatic carbocycles.